The van der Waals surface area contributed by atoms with Crippen molar-refractivity contribution in [3.63, 3.8) is 0 Å². The third-order valence-corrected chi connectivity index (χ3v) is 3.85. The monoisotopic (exact) mass is 267 g/mol. The molecule has 0 heterocycles. The minimum Gasteiger partial charge on any atom is -0.294 e. The Bertz CT molecular complexity index is 629. The highest BCUT2D eigenvalue weighted by molar-refractivity contribution is 7.98. The van der Waals surface area contributed by atoms with E-state index in [4.69, 9.17) is 5.26 Å². The van der Waals surface area contributed by atoms with Crippen molar-refractivity contribution in [2.45, 2.75) is 17.6 Å². The topological polar surface area (TPSA) is 40.9 Å². The van der Waals surface area contributed by atoms with Crippen molar-refractivity contribution in [3.05, 3.63) is 65.2 Å². The van der Waals surface area contributed by atoms with Gasteiger partial charge in [-0.1, -0.05) is 30.3 Å². The van der Waals surface area contributed by atoms with Gasteiger partial charge in [-0.15, -0.1) is 11.8 Å². The van der Waals surface area contributed by atoms with E-state index in [9.17, 15) is 4.79 Å². The molecule has 0 atom stereocenters. The summed E-state index contributed by atoms with van der Waals surface area (Å²) in [5.74, 6) is 0.816. The maximum absolute atomic E-state index is 11.6. The standard InChI is InChI=1S/C16H13NOS/c1-12(18)15-8-7-14(10-17)9-16(15)19-11-13-5-3-2-4-6-13/h2-9H,11H2,1H3. The highest BCUT2D eigenvalue weighted by Crippen LogP contribution is 2.27. The molecule has 0 aromatic heterocycles. The molecule has 19 heavy (non-hydrogen) atoms. The van der Waals surface area contributed by atoms with Crippen molar-refractivity contribution in [2.75, 3.05) is 0 Å². The van der Waals surface area contributed by atoms with Crippen LogP contribution in [0.4, 0.5) is 0 Å². The van der Waals surface area contributed by atoms with Gasteiger partial charge in [0.25, 0.3) is 0 Å². The van der Waals surface area contributed by atoms with E-state index >= 15 is 0 Å². The summed E-state index contributed by atoms with van der Waals surface area (Å²) in [5, 5.41) is 8.93. The summed E-state index contributed by atoms with van der Waals surface area (Å²) in [6, 6.07) is 17.4. The summed E-state index contributed by atoms with van der Waals surface area (Å²) in [6.07, 6.45) is 0. The first kappa shape index (κ1) is 13.4. The number of nitriles is 1. The number of rotatable bonds is 4. The molecular formula is C16H13NOS. The van der Waals surface area contributed by atoms with Crippen LogP contribution in [0.25, 0.3) is 0 Å². The quantitative estimate of drug-likeness (QED) is 0.619. The van der Waals surface area contributed by atoms with Crippen LogP contribution in [-0.4, -0.2) is 5.78 Å². The van der Waals surface area contributed by atoms with E-state index in [1.165, 1.54) is 5.56 Å². The fourth-order valence-electron chi connectivity index (χ4n) is 1.74. The van der Waals surface area contributed by atoms with E-state index in [0.29, 0.717) is 11.1 Å². The minimum atomic E-state index is 0.0278. The largest absolute Gasteiger partial charge is 0.294 e. The van der Waals surface area contributed by atoms with E-state index < -0.39 is 0 Å². The molecule has 2 rings (SSSR count). The number of carbonyl (C=O) groups is 1. The van der Waals surface area contributed by atoms with Crippen LogP contribution in [0, 0.1) is 11.3 Å². The van der Waals surface area contributed by atoms with Crippen LogP contribution in [0.2, 0.25) is 0 Å². The first-order valence-corrected chi connectivity index (χ1v) is 6.91. The fraction of sp³-hybridized carbons (Fsp3) is 0.125. The predicted octanol–water partition coefficient (Wildman–Crippen LogP) is 4.05. The molecule has 0 radical (unpaired) electrons. The molecule has 0 unspecified atom stereocenters. The normalized spacial score (nSPS) is 9.89. The molecule has 0 bridgehead atoms. The molecule has 94 valence electrons. The summed E-state index contributed by atoms with van der Waals surface area (Å²) in [4.78, 5) is 12.5. The molecule has 2 aromatic rings. The van der Waals surface area contributed by atoms with Gasteiger partial charge in [0.1, 0.15) is 0 Å². The van der Waals surface area contributed by atoms with Gasteiger partial charge < -0.3 is 0 Å². The molecule has 0 saturated heterocycles. The summed E-state index contributed by atoms with van der Waals surface area (Å²) in [6.45, 7) is 1.55. The zero-order valence-electron chi connectivity index (χ0n) is 10.6. The maximum Gasteiger partial charge on any atom is 0.160 e. The van der Waals surface area contributed by atoms with E-state index in [2.05, 4.69) is 18.2 Å². The van der Waals surface area contributed by atoms with Gasteiger partial charge in [0.15, 0.2) is 5.78 Å². The lowest BCUT2D eigenvalue weighted by molar-refractivity contribution is 0.101. The third kappa shape index (κ3) is 3.46. The Kier molecular flexibility index (Phi) is 4.38. The Labute approximate surface area is 117 Å². The molecule has 0 saturated carbocycles. The second-order valence-corrected chi connectivity index (χ2v) is 5.17. The van der Waals surface area contributed by atoms with E-state index in [1.54, 1.807) is 36.9 Å². The average Bonchev–Trinajstić information content (AvgIpc) is 2.45. The van der Waals surface area contributed by atoms with Crippen molar-refractivity contribution in [2.24, 2.45) is 0 Å². The van der Waals surface area contributed by atoms with Crippen LogP contribution in [0.15, 0.2) is 53.4 Å². The molecule has 0 aliphatic rings. The highest BCUT2D eigenvalue weighted by atomic mass is 32.2. The molecule has 0 fully saturated rings. The number of hydrogen-bond acceptors (Lipinski definition) is 3. The predicted molar refractivity (Wildman–Crippen MR) is 77.2 cm³/mol. The van der Waals surface area contributed by atoms with Gasteiger partial charge in [0.2, 0.25) is 0 Å². The van der Waals surface area contributed by atoms with Crippen LogP contribution >= 0.6 is 11.8 Å². The molecular weight excluding hydrogens is 254 g/mol. The summed E-state index contributed by atoms with van der Waals surface area (Å²) in [5.41, 5.74) is 2.46. The zero-order valence-corrected chi connectivity index (χ0v) is 11.4. The Morgan fingerprint density at radius 3 is 2.58 bits per heavy atom. The van der Waals surface area contributed by atoms with Gasteiger partial charge in [-0.25, -0.2) is 0 Å². The molecule has 2 aromatic carbocycles. The SMILES string of the molecule is CC(=O)c1ccc(C#N)cc1SCc1ccccc1. The van der Waals surface area contributed by atoms with Crippen LogP contribution in [-0.2, 0) is 5.75 Å². The molecule has 0 amide bonds. The van der Waals surface area contributed by atoms with Crippen LogP contribution < -0.4 is 0 Å². The summed E-state index contributed by atoms with van der Waals surface area (Å²) >= 11 is 1.59. The third-order valence-electron chi connectivity index (χ3n) is 2.73. The second kappa shape index (κ2) is 6.21. The Morgan fingerprint density at radius 2 is 1.95 bits per heavy atom. The van der Waals surface area contributed by atoms with Gasteiger partial charge >= 0.3 is 0 Å². The van der Waals surface area contributed by atoms with Gasteiger partial charge in [-0.05, 0) is 30.7 Å². The lowest BCUT2D eigenvalue weighted by Crippen LogP contribution is -1.96. The highest BCUT2D eigenvalue weighted by Gasteiger charge is 2.09. The van der Waals surface area contributed by atoms with Crippen LogP contribution in [0.5, 0.6) is 0 Å². The number of hydrogen-bond donors (Lipinski definition) is 0. The first-order chi connectivity index (χ1) is 9.20. The Hall–Kier alpha value is -2.05. The van der Waals surface area contributed by atoms with Crippen molar-refractivity contribution < 1.29 is 4.79 Å². The number of Topliss-reactive ketones (excluding diaryl/α,β-unsaturated/α-hetero) is 1. The Balaban J connectivity index is 2.23. The summed E-state index contributed by atoms with van der Waals surface area (Å²) < 4.78 is 0. The number of thioether (sulfide) groups is 1. The summed E-state index contributed by atoms with van der Waals surface area (Å²) in [7, 11) is 0. The van der Waals surface area contributed by atoms with Gasteiger partial charge in [0, 0.05) is 16.2 Å². The molecule has 2 nitrogen and oxygen atoms in total. The zero-order chi connectivity index (χ0) is 13.7. The number of ketones is 1. The first-order valence-electron chi connectivity index (χ1n) is 5.92. The van der Waals surface area contributed by atoms with Crippen LogP contribution in [0.1, 0.15) is 28.4 Å². The van der Waals surface area contributed by atoms with Gasteiger partial charge in [0.05, 0.1) is 11.6 Å². The Morgan fingerprint density at radius 1 is 1.21 bits per heavy atom. The molecule has 0 aliphatic heterocycles. The lowest BCUT2D eigenvalue weighted by Gasteiger charge is -2.07. The smallest absolute Gasteiger partial charge is 0.160 e. The number of benzene rings is 2. The number of nitrogens with zero attached hydrogens (tertiary/aromatic N) is 1. The molecule has 0 spiro atoms. The minimum absolute atomic E-state index is 0.0278. The average molecular weight is 267 g/mol. The van der Waals surface area contributed by atoms with E-state index in [-0.39, 0.29) is 5.78 Å². The van der Waals surface area contributed by atoms with Gasteiger partial charge in [-0.3, -0.25) is 4.79 Å². The van der Waals surface area contributed by atoms with E-state index in [1.807, 2.05) is 18.2 Å². The molecule has 3 heteroatoms. The fourth-order valence-corrected chi connectivity index (χ4v) is 2.83. The van der Waals surface area contributed by atoms with Crippen molar-refractivity contribution in [3.8, 4) is 6.07 Å². The van der Waals surface area contributed by atoms with Crippen molar-refractivity contribution in [1.82, 2.24) is 0 Å². The molecule has 0 N–H and O–H groups in total. The van der Waals surface area contributed by atoms with E-state index in [0.717, 1.165) is 10.6 Å². The maximum atomic E-state index is 11.6. The van der Waals surface area contributed by atoms with Crippen LogP contribution in [0.3, 0.4) is 0 Å². The number of carbonyl (C=O) groups excluding carboxylic acids is 1. The van der Waals surface area contributed by atoms with Crippen molar-refractivity contribution >= 4 is 17.5 Å². The lowest BCUT2D eigenvalue weighted by atomic mass is 10.1. The van der Waals surface area contributed by atoms with Crippen molar-refractivity contribution in [1.29, 1.82) is 5.26 Å². The molecule has 0 aliphatic carbocycles. The van der Waals surface area contributed by atoms with Gasteiger partial charge in [-0.2, -0.15) is 5.26 Å². The second-order valence-electron chi connectivity index (χ2n) is 4.15.